The van der Waals surface area contributed by atoms with Gasteiger partial charge in [-0.25, -0.2) is 0 Å². The van der Waals surface area contributed by atoms with Gasteiger partial charge in [0.25, 0.3) is 0 Å². The van der Waals surface area contributed by atoms with Crippen LogP contribution in [0.15, 0.2) is 12.2 Å². The van der Waals surface area contributed by atoms with Gasteiger partial charge in [-0.3, -0.25) is 9.59 Å². The van der Waals surface area contributed by atoms with Gasteiger partial charge >= 0.3 is 0 Å². The van der Waals surface area contributed by atoms with E-state index in [0.29, 0.717) is 18.7 Å². The van der Waals surface area contributed by atoms with E-state index in [2.05, 4.69) is 31.3 Å². The average molecular weight is 718 g/mol. The zero-order valence-electron chi connectivity index (χ0n) is 34.8. The van der Waals surface area contributed by atoms with Crippen molar-refractivity contribution in [3.05, 3.63) is 12.2 Å². The van der Waals surface area contributed by atoms with Gasteiger partial charge in [-0.15, -0.1) is 0 Å². The molecule has 302 valence electrons. The minimum absolute atomic E-state index is 0.0847. The number of aliphatic hydroxyl groups is 1. The van der Waals surface area contributed by atoms with Crippen LogP contribution in [0.2, 0.25) is 0 Å². The summed E-state index contributed by atoms with van der Waals surface area (Å²) in [5.41, 5.74) is 0. The number of hydrogen-bond donors (Lipinski definition) is 2. The van der Waals surface area contributed by atoms with E-state index in [1.807, 2.05) is 0 Å². The number of allylic oxidation sites excluding steroid dienone is 2. The van der Waals surface area contributed by atoms with Gasteiger partial charge in [-0.2, -0.15) is 0 Å². The van der Waals surface area contributed by atoms with Crippen LogP contribution in [0.1, 0.15) is 264 Å². The highest BCUT2D eigenvalue weighted by Gasteiger charge is 2.07. The maximum absolute atomic E-state index is 12.2. The zero-order valence-corrected chi connectivity index (χ0v) is 34.8. The maximum Gasteiger partial charge on any atom is 0.220 e. The predicted octanol–water partition coefficient (Wildman–Crippen LogP) is 14.8. The third-order valence-corrected chi connectivity index (χ3v) is 10.8. The summed E-state index contributed by atoms with van der Waals surface area (Å²) in [4.78, 5) is 24.4. The third kappa shape index (κ3) is 43.1. The van der Waals surface area contributed by atoms with Crippen molar-refractivity contribution in [2.45, 2.75) is 270 Å². The number of ketones is 1. The van der Waals surface area contributed by atoms with Crippen LogP contribution in [-0.2, 0) is 9.59 Å². The van der Waals surface area contributed by atoms with E-state index in [4.69, 9.17) is 0 Å². The lowest BCUT2D eigenvalue weighted by Crippen LogP contribution is -2.31. The van der Waals surface area contributed by atoms with Gasteiger partial charge in [0.1, 0.15) is 5.78 Å². The second-order valence-corrected chi connectivity index (χ2v) is 16.0. The number of rotatable bonds is 43. The normalized spacial score (nSPS) is 12.2. The summed E-state index contributed by atoms with van der Waals surface area (Å²) in [6.07, 6.45) is 52.1. The summed E-state index contributed by atoms with van der Waals surface area (Å²) in [6, 6.07) is 0. The molecule has 0 aliphatic heterocycles. The fraction of sp³-hybridized carbons (Fsp3) is 0.915. The first kappa shape index (κ1) is 49.8. The second-order valence-electron chi connectivity index (χ2n) is 16.0. The van der Waals surface area contributed by atoms with E-state index in [-0.39, 0.29) is 5.91 Å². The Morgan fingerprint density at radius 2 is 0.745 bits per heavy atom. The minimum atomic E-state index is -0.409. The van der Waals surface area contributed by atoms with Crippen LogP contribution in [0.5, 0.6) is 0 Å². The molecule has 1 atom stereocenters. The Labute approximate surface area is 320 Å². The topological polar surface area (TPSA) is 66.4 Å². The average Bonchev–Trinajstić information content (AvgIpc) is 3.13. The lowest BCUT2D eigenvalue weighted by atomic mass is 10.0. The molecule has 2 N–H and O–H groups in total. The molecule has 51 heavy (non-hydrogen) atoms. The smallest absolute Gasteiger partial charge is 0.220 e. The number of unbranched alkanes of at least 4 members (excludes halogenated alkanes) is 31. The molecule has 0 aromatic heterocycles. The molecule has 0 heterocycles. The first-order chi connectivity index (χ1) is 25.1. The summed E-state index contributed by atoms with van der Waals surface area (Å²) in [5.74, 6) is 0.551. The van der Waals surface area contributed by atoms with Crippen LogP contribution < -0.4 is 5.32 Å². The summed E-state index contributed by atoms with van der Waals surface area (Å²) in [6.45, 7) is 4.96. The monoisotopic (exact) mass is 718 g/mol. The van der Waals surface area contributed by atoms with Gasteiger partial charge in [-0.05, 0) is 51.4 Å². The molecule has 0 aromatic rings. The Kier molecular flexibility index (Phi) is 42.3. The maximum atomic E-state index is 12.2. The number of Topliss-reactive ketones (excluding diaryl/α,β-unsaturated/α-hetero) is 1. The molecule has 0 bridgehead atoms. The lowest BCUT2D eigenvalue weighted by Gasteiger charge is -2.12. The van der Waals surface area contributed by atoms with Crippen LogP contribution in [0.3, 0.4) is 0 Å². The quantitative estimate of drug-likeness (QED) is 0.0487. The highest BCUT2D eigenvalue weighted by Crippen LogP contribution is 2.16. The van der Waals surface area contributed by atoms with Crippen molar-refractivity contribution in [2.24, 2.45) is 0 Å². The Bertz CT molecular complexity index is 735. The molecule has 1 amide bonds. The molecule has 0 radical (unpaired) electrons. The molecule has 0 rings (SSSR count). The Balaban J connectivity index is 3.34. The SMILES string of the molecule is CCCCCCCCC=CCCCCCCCC(=O)CCCCCCCCCCC(=O)NC[C@H](O)CCCCCCCCCCCCCCCC. The van der Waals surface area contributed by atoms with Crippen molar-refractivity contribution in [1.82, 2.24) is 5.32 Å². The molecule has 4 heteroatoms. The number of carbonyl (C=O) groups excluding carboxylic acids is 2. The fourth-order valence-electron chi connectivity index (χ4n) is 7.18. The summed E-state index contributed by atoms with van der Waals surface area (Å²) in [7, 11) is 0. The van der Waals surface area contributed by atoms with Crippen molar-refractivity contribution in [2.75, 3.05) is 6.54 Å². The van der Waals surface area contributed by atoms with Crippen LogP contribution in [0, 0.1) is 0 Å². The molecular weight excluding hydrogens is 627 g/mol. The Hall–Kier alpha value is -1.16. The predicted molar refractivity (Wildman–Crippen MR) is 225 cm³/mol. The van der Waals surface area contributed by atoms with E-state index in [1.165, 1.54) is 193 Å². The largest absolute Gasteiger partial charge is 0.391 e. The van der Waals surface area contributed by atoms with Gasteiger partial charge in [0.05, 0.1) is 6.10 Å². The van der Waals surface area contributed by atoms with E-state index in [0.717, 1.165) is 51.4 Å². The van der Waals surface area contributed by atoms with Gasteiger partial charge in [0, 0.05) is 25.8 Å². The number of nitrogens with one attached hydrogen (secondary N) is 1. The lowest BCUT2D eigenvalue weighted by molar-refractivity contribution is -0.121. The molecule has 0 aliphatic rings. The van der Waals surface area contributed by atoms with E-state index in [1.54, 1.807) is 0 Å². The van der Waals surface area contributed by atoms with Crippen LogP contribution in [0.25, 0.3) is 0 Å². The van der Waals surface area contributed by atoms with Crippen molar-refractivity contribution in [1.29, 1.82) is 0 Å². The molecule has 0 saturated carbocycles. The van der Waals surface area contributed by atoms with Crippen LogP contribution in [-0.4, -0.2) is 29.4 Å². The Morgan fingerprint density at radius 1 is 0.431 bits per heavy atom. The zero-order chi connectivity index (χ0) is 37.1. The molecule has 0 saturated heterocycles. The molecule has 0 aromatic carbocycles. The Morgan fingerprint density at radius 3 is 1.14 bits per heavy atom. The molecule has 0 spiro atoms. The first-order valence-corrected chi connectivity index (χ1v) is 23.2. The second kappa shape index (κ2) is 43.2. The summed E-state index contributed by atoms with van der Waals surface area (Å²) in [5, 5.41) is 13.2. The van der Waals surface area contributed by atoms with Crippen LogP contribution in [0.4, 0.5) is 0 Å². The van der Waals surface area contributed by atoms with Gasteiger partial charge in [-0.1, -0.05) is 206 Å². The highest BCUT2D eigenvalue weighted by atomic mass is 16.3. The number of carbonyl (C=O) groups is 2. The standard InChI is InChI=1S/C47H91NO3/c1-3-5-7-9-11-13-15-17-19-21-22-24-28-32-36-40-45(49)41-37-33-29-26-27-31-35-39-43-47(51)48-44-46(50)42-38-34-30-25-23-20-18-16-14-12-10-8-6-4-2/h17,19,46,50H,3-16,18,20-44H2,1-2H3,(H,48,51)/t46-/m1/s1. The summed E-state index contributed by atoms with van der Waals surface area (Å²) < 4.78 is 0. The fourth-order valence-corrected chi connectivity index (χ4v) is 7.18. The van der Waals surface area contributed by atoms with Gasteiger partial charge < -0.3 is 10.4 Å². The number of amides is 1. The van der Waals surface area contributed by atoms with Crippen molar-refractivity contribution < 1.29 is 14.7 Å². The molecule has 0 fully saturated rings. The third-order valence-electron chi connectivity index (χ3n) is 10.8. The van der Waals surface area contributed by atoms with E-state index < -0.39 is 6.10 Å². The minimum Gasteiger partial charge on any atom is -0.391 e. The van der Waals surface area contributed by atoms with Crippen molar-refractivity contribution in [3.8, 4) is 0 Å². The summed E-state index contributed by atoms with van der Waals surface area (Å²) >= 11 is 0. The molecular formula is C47H91NO3. The van der Waals surface area contributed by atoms with Crippen molar-refractivity contribution in [3.63, 3.8) is 0 Å². The molecule has 0 unspecified atom stereocenters. The van der Waals surface area contributed by atoms with Gasteiger partial charge in [0.15, 0.2) is 0 Å². The molecule has 4 nitrogen and oxygen atoms in total. The first-order valence-electron chi connectivity index (χ1n) is 23.2. The number of aliphatic hydroxyl groups excluding tert-OH is 1. The van der Waals surface area contributed by atoms with Gasteiger partial charge in [0.2, 0.25) is 5.91 Å². The highest BCUT2D eigenvalue weighted by molar-refractivity contribution is 5.78. The van der Waals surface area contributed by atoms with Crippen molar-refractivity contribution >= 4 is 11.7 Å². The number of hydrogen-bond acceptors (Lipinski definition) is 3. The van der Waals surface area contributed by atoms with Crippen LogP contribution >= 0.6 is 0 Å². The molecule has 0 aliphatic carbocycles. The van der Waals surface area contributed by atoms with E-state index in [9.17, 15) is 14.7 Å². The van der Waals surface area contributed by atoms with E-state index >= 15 is 0 Å².